The molecule has 1 aliphatic rings. The molecule has 1 aromatic heterocycles. The number of amides is 1. The van der Waals surface area contributed by atoms with Crippen molar-refractivity contribution >= 4 is 28.6 Å². The summed E-state index contributed by atoms with van der Waals surface area (Å²) in [7, 11) is 0. The number of carbonyl (C=O) groups is 1. The molecule has 1 aliphatic heterocycles. The highest BCUT2D eigenvalue weighted by Gasteiger charge is 2.14. The Balaban J connectivity index is 1.57. The Morgan fingerprint density at radius 1 is 1.11 bits per heavy atom. The van der Waals surface area contributed by atoms with Gasteiger partial charge in [0, 0.05) is 24.7 Å². The molecular formula is C23H23N3O2. The number of fused-ring (bicyclic) bond motifs is 2. The number of aromatic nitrogens is 2. The van der Waals surface area contributed by atoms with Crippen LogP contribution in [0.3, 0.4) is 0 Å². The molecule has 2 aromatic carbocycles. The molecule has 0 bridgehead atoms. The zero-order valence-corrected chi connectivity index (χ0v) is 15.9. The molecule has 1 amide bonds. The number of carbonyl (C=O) groups excluding carboxylic acids is 1. The third kappa shape index (κ3) is 3.88. The molecule has 1 N–H and O–H groups in total. The fraction of sp³-hybridized carbons (Fsp3) is 0.261. The van der Waals surface area contributed by atoms with Gasteiger partial charge in [-0.15, -0.1) is 0 Å². The van der Waals surface area contributed by atoms with Crippen molar-refractivity contribution in [1.29, 1.82) is 0 Å². The monoisotopic (exact) mass is 373 g/mol. The van der Waals surface area contributed by atoms with Gasteiger partial charge < -0.3 is 5.32 Å². The maximum Gasteiger partial charge on any atom is 0.261 e. The standard InChI is InChI=1S/C23H23N3O2/c1-16-6-8-17(9-7-16)10-13-22(27)24-18-11-12-20-19(15-18)23(28)26-14-4-2-3-5-21(26)25-20/h6-13,15H,2-5,14H2,1H3,(H,24,27). The maximum absolute atomic E-state index is 12.9. The van der Waals surface area contributed by atoms with Gasteiger partial charge in [-0.25, -0.2) is 4.98 Å². The van der Waals surface area contributed by atoms with Crippen LogP contribution in [0.4, 0.5) is 5.69 Å². The fourth-order valence-corrected chi connectivity index (χ4v) is 3.53. The van der Waals surface area contributed by atoms with E-state index in [1.165, 1.54) is 11.6 Å². The Bertz CT molecular complexity index is 1110. The summed E-state index contributed by atoms with van der Waals surface area (Å²) in [6, 6.07) is 13.3. The van der Waals surface area contributed by atoms with E-state index in [0.717, 1.165) is 37.1 Å². The number of hydrogen-bond acceptors (Lipinski definition) is 3. The van der Waals surface area contributed by atoms with Gasteiger partial charge in [0.1, 0.15) is 5.82 Å². The van der Waals surface area contributed by atoms with E-state index in [1.807, 2.05) is 37.3 Å². The molecule has 0 fully saturated rings. The summed E-state index contributed by atoms with van der Waals surface area (Å²) in [4.78, 5) is 29.8. The van der Waals surface area contributed by atoms with Gasteiger partial charge >= 0.3 is 0 Å². The van der Waals surface area contributed by atoms with E-state index in [4.69, 9.17) is 0 Å². The quantitative estimate of drug-likeness (QED) is 0.704. The van der Waals surface area contributed by atoms with Crippen molar-refractivity contribution in [2.75, 3.05) is 5.32 Å². The summed E-state index contributed by atoms with van der Waals surface area (Å²) < 4.78 is 1.79. The van der Waals surface area contributed by atoms with Crippen LogP contribution in [0.25, 0.3) is 17.0 Å². The van der Waals surface area contributed by atoms with Crippen LogP contribution in [0.5, 0.6) is 0 Å². The predicted molar refractivity (Wildman–Crippen MR) is 112 cm³/mol. The van der Waals surface area contributed by atoms with Crippen molar-refractivity contribution in [3.63, 3.8) is 0 Å². The number of aryl methyl sites for hydroxylation is 2. The first-order valence-corrected chi connectivity index (χ1v) is 9.69. The molecule has 0 saturated carbocycles. The van der Waals surface area contributed by atoms with Gasteiger partial charge in [-0.1, -0.05) is 36.2 Å². The van der Waals surface area contributed by atoms with Gasteiger partial charge in [0.15, 0.2) is 0 Å². The topological polar surface area (TPSA) is 64.0 Å². The zero-order chi connectivity index (χ0) is 19.5. The molecule has 0 saturated heterocycles. The molecule has 5 heteroatoms. The van der Waals surface area contributed by atoms with Crippen LogP contribution in [-0.2, 0) is 17.8 Å². The third-order valence-corrected chi connectivity index (χ3v) is 5.09. The first-order valence-electron chi connectivity index (χ1n) is 9.69. The second kappa shape index (κ2) is 7.80. The highest BCUT2D eigenvalue weighted by atomic mass is 16.1. The summed E-state index contributed by atoms with van der Waals surface area (Å²) >= 11 is 0. The second-order valence-corrected chi connectivity index (χ2v) is 7.26. The number of rotatable bonds is 3. The molecule has 0 aliphatic carbocycles. The van der Waals surface area contributed by atoms with Crippen molar-refractivity contribution in [2.45, 2.75) is 39.2 Å². The third-order valence-electron chi connectivity index (χ3n) is 5.09. The Morgan fingerprint density at radius 3 is 2.75 bits per heavy atom. The summed E-state index contributed by atoms with van der Waals surface area (Å²) in [6.45, 7) is 2.74. The molecule has 142 valence electrons. The van der Waals surface area contributed by atoms with Crippen LogP contribution in [0, 0.1) is 6.92 Å². The number of benzene rings is 2. The summed E-state index contributed by atoms with van der Waals surface area (Å²) in [6.07, 6.45) is 7.30. The van der Waals surface area contributed by atoms with Crippen LogP contribution in [-0.4, -0.2) is 15.5 Å². The van der Waals surface area contributed by atoms with Crippen molar-refractivity contribution in [2.24, 2.45) is 0 Å². The lowest BCUT2D eigenvalue weighted by atomic mass is 10.1. The second-order valence-electron chi connectivity index (χ2n) is 7.26. The largest absolute Gasteiger partial charge is 0.322 e. The molecule has 2 heterocycles. The molecule has 28 heavy (non-hydrogen) atoms. The molecule has 0 radical (unpaired) electrons. The van der Waals surface area contributed by atoms with Crippen molar-refractivity contribution < 1.29 is 4.79 Å². The summed E-state index contributed by atoms with van der Waals surface area (Å²) in [5.41, 5.74) is 3.40. The van der Waals surface area contributed by atoms with Crippen molar-refractivity contribution in [3.8, 4) is 0 Å². The lowest BCUT2D eigenvalue weighted by Crippen LogP contribution is -2.24. The number of nitrogens with zero attached hydrogens (tertiary/aromatic N) is 2. The minimum absolute atomic E-state index is 0.0202. The van der Waals surface area contributed by atoms with Crippen LogP contribution >= 0.6 is 0 Å². The normalized spacial score (nSPS) is 14.0. The van der Waals surface area contributed by atoms with Crippen molar-refractivity contribution in [1.82, 2.24) is 9.55 Å². The zero-order valence-electron chi connectivity index (χ0n) is 15.9. The average Bonchev–Trinajstić information content (AvgIpc) is 2.94. The maximum atomic E-state index is 12.9. The Labute approximate surface area is 163 Å². The van der Waals surface area contributed by atoms with Gasteiger partial charge in [0.25, 0.3) is 5.56 Å². The van der Waals surface area contributed by atoms with Crippen LogP contribution < -0.4 is 10.9 Å². The van der Waals surface area contributed by atoms with E-state index in [9.17, 15) is 9.59 Å². The van der Waals surface area contributed by atoms with E-state index in [0.29, 0.717) is 23.1 Å². The van der Waals surface area contributed by atoms with Crippen molar-refractivity contribution in [3.05, 3.63) is 75.8 Å². The summed E-state index contributed by atoms with van der Waals surface area (Å²) in [5.74, 6) is 0.635. The van der Waals surface area contributed by atoms with Gasteiger partial charge in [0.2, 0.25) is 5.91 Å². The highest BCUT2D eigenvalue weighted by Crippen LogP contribution is 2.18. The molecule has 0 unspecified atom stereocenters. The predicted octanol–water partition coefficient (Wildman–Crippen LogP) is 4.08. The number of hydrogen-bond donors (Lipinski definition) is 1. The highest BCUT2D eigenvalue weighted by molar-refractivity contribution is 6.02. The van der Waals surface area contributed by atoms with Crippen LogP contribution in [0.2, 0.25) is 0 Å². The van der Waals surface area contributed by atoms with E-state index in [-0.39, 0.29) is 11.5 Å². The first kappa shape index (κ1) is 18.2. The van der Waals surface area contributed by atoms with Gasteiger partial charge in [-0.3, -0.25) is 14.2 Å². The van der Waals surface area contributed by atoms with Crippen LogP contribution in [0.1, 0.15) is 36.2 Å². The lowest BCUT2D eigenvalue weighted by Gasteiger charge is -2.11. The number of anilines is 1. The molecule has 3 aromatic rings. The molecule has 4 rings (SSSR count). The summed E-state index contributed by atoms with van der Waals surface area (Å²) in [5, 5.41) is 3.38. The lowest BCUT2D eigenvalue weighted by molar-refractivity contribution is -0.111. The smallest absolute Gasteiger partial charge is 0.261 e. The number of nitrogens with one attached hydrogen (secondary N) is 1. The average molecular weight is 373 g/mol. The SMILES string of the molecule is Cc1ccc(C=CC(=O)Nc2ccc3nc4n(c(=O)c3c2)CCCCC4)cc1. The first-order chi connectivity index (χ1) is 13.6. The van der Waals surface area contributed by atoms with Gasteiger partial charge in [-0.05, 0) is 49.6 Å². The molecule has 5 nitrogen and oxygen atoms in total. The fourth-order valence-electron chi connectivity index (χ4n) is 3.53. The van der Waals surface area contributed by atoms with E-state index in [1.54, 1.807) is 22.8 Å². The Morgan fingerprint density at radius 2 is 1.93 bits per heavy atom. The Kier molecular flexibility index (Phi) is 5.06. The van der Waals surface area contributed by atoms with Gasteiger partial charge in [-0.2, -0.15) is 0 Å². The molecule has 0 atom stereocenters. The minimum atomic E-state index is -0.234. The molecular weight excluding hydrogens is 350 g/mol. The van der Waals surface area contributed by atoms with E-state index in [2.05, 4.69) is 10.3 Å². The van der Waals surface area contributed by atoms with Crippen LogP contribution in [0.15, 0.2) is 53.3 Å². The van der Waals surface area contributed by atoms with E-state index < -0.39 is 0 Å². The minimum Gasteiger partial charge on any atom is -0.322 e. The van der Waals surface area contributed by atoms with Gasteiger partial charge in [0.05, 0.1) is 10.9 Å². The Hall–Kier alpha value is -3.21. The molecule has 0 spiro atoms. The van der Waals surface area contributed by atoms with E-state index >= 15 is 0 Å².